The average Bonchev–Trinajstić information content (AvgIpc) is 2.55. The highest BCUT2D eigenvalue weighted by Gasteiger charge is 2.15. The van der Waals surface area contributed by atoms with Gasteiger partial charge in [0.25, 0.3) is 0 Å². The third kappa shape index (κ3) is 3.76. The van der Waals surface area contributed by atoms with E-state index in [9.17, 15) is 4.79 Å². The number of benzene rings is 2. The molecule has 22 heavy (non-hydrogen) atoms. The lowest BCUT2D eigenvalue weighted by atomic mass is 10.1. The summed E-state index contributed by atoms with van der Waals surface area (Å²) < 4.78 is 10.9. The Morgan fingerprint density at radius 1 is 1.05 bits per heavy atom. The predicted octanol–water partition coefficient (Wildman–Crippen LogP) is 4.62. The average molecular weight is 296 g/mol. The smallest absolute Gasteiger partial charge is 0.338 e. The first kappa shape index (κ1) is 15.8. The summed E-state index contributed by atoms with van der Waals surface area (Å²) in [7, 11) is 0. The van der Waals surface area contributed by atoms with Crippen molar-refractivity contribution in [1.82, 2.24) is 0 Å². The summed E-state index contributed by atoms with van der Waals surface area (Å²) in [5, 5.41) is 0. The minimum absolute atomic E-state index is 0.294. The molecule has 0 aliphatic carbocycles. The van der Waals surface area contributed by atoms with Crippen LogP contribution in [-0.2, 0) is 16.0 Å². The van der Waals surface area contributed by atoms with Gasteiger partial charge in [0, 0.05) is 5.56 Å². The number of para-hydroxylation sites is 1. The zero-order valence-corrected chi connectivity index (χ0v) is 13.0. The largest absolute Gasteiger partial charge is 0.462 e. The zero-order valence-electron chi connectivity index (χ0n) is 13.0. The Morgan fingerprint density at radius 3 is 2.36 bits per heavy atom. The molecule has 2 aromatic carbocycles. The van der Waals surface area contributed by atoms with Crippen LogP contribution in [0.3, 0.4) is 0 Å². The SMILES string of the molecule is C=C(C(=O)OCC)c1ccccc1Oc1ccc(CC)cc1. The fourth-order valence-corrected chi connectivity index (χ4v) is 2.05. The van der Waals surface area contributed by atoms with Crippen LogP contribution >= 0.6 is 0 Å². The fraction of sp³-hybridized carbons (Fsp3) is 0.211. The molecular formula is C19H20O3. The van der Waals surface area contributed by atoms with Crippen molar-refractivity contribution in [1.29, 1.82) is 0 Å². The standard InChI is InChI=1S/C19H20O3/c1-4-15-10-12-16(13-11-15)22-18-9-7-6-8-17(18)14(3)19(20)21-5-2/h6-13H,3-5H2,1-2H3. The Morgan fingerprint density at radius 2 is 1.73 bits per heavy atom. The molecule has 0 unspecified atom stereocenters. The van der Waals surface area contributed by atoms with Gasteiger partial charge in [-0.05, 0) is 37.1 Å². The van der Waals surface area contributed by atoms with Crippen molar-refractivity contribution < 1.29 is 14.3 Å². The van der Waals surface area contributed by atoms with E-state index < -0.39 is 5.97 Å². The van der Waals surface area contributed by atoms with Gasteiger partial charge in [-0.3, -0.25) is 0 Å². The maximum absolute atomic E-state index is 11.9. The molecule has 0 amide bonds. The molecule has 0 radical (unpaired) electrons. The first-order chi connectivity index (χ1) is 10.7. The second-order valence-electron chi connectivity index (χ2n) is 4.79. The zero-order chi connectivity index (χ0) is 15.9. The van der Waals surface area contributed by atoms with Gasteiger partial charge in [0.2, 0.25) is 0 Å². The van der Waals surface area contributed by atoms with E-state index in [0.29, 0.717) is 23.5 Å². The van der Waals surface area contributed by atoms with Crippen molar-refractivity contribution in [2.75, 3.05) is 6.61 Å². The van der Waals surface area contributed by atoms with E-state index in [1.807, 2.05) is 42.5 Å². The number of carbonyl (C=O) groups excluding carboxylic acids is 1. The summed E-state index contributed by atoms with van der Waals surface area (Å²) in [5.41, 5.74) is 2.18. The molecule has 0 bridgehead atoms. The van der Waals surface area contributed by atoms with Gasteiger partial charge < -0.3 is 9.47 Å². The van der Waals surface area contributed by atoms with E-state index >= 15 is 0 Å². The number of aryl methyl sites for hydroxylation is 1. The quantitative estimate of drug-likeness (QED) is 0.576. The molecule has 0 saturated carbocycles. The van der Waals surface area contributed by atoms with Crippen LogP contribution in [0.5, 0.6) is 11.5 Å². The lowest BCUT2D eigenvalue weighted by molar-refractivity contribution is -0.136. The number of hydrogen-bond acceptors (Lipinski definition) is 3. The first-order valence-corrected chi connectivity index (χ1v) is 7.38. The van der Waals surface area contributed by atoms with Crippen LogP contribution in [0.1, 0.15) is 25.0 Å². The van der Waals surface area contributed by atoms with Crippen molar-refractivity contribution in [3.05, 3.63) is 66.2 Å². The van der Waals surface area contributed by atoms with Gasteiger partial charge in [0.05, 0.1) is 12.2 Å². The number of carbonyl (C=O) groups is 1. The van der Waals surface area contributed by atoms with Gasteiger partial charge in [0.1, 0.15) is 11.5 Å². The van der Waals surface area contributed by atoms with Crippen LogP contribution in [0.15, 0.2) is 55.1 Å². The van der Waals surface area contributed by atoms with Crippen LogP contribution in [-0.4, -0.2) is 12.6 Å². The van der Waals surface area contributed by atoms with E-state index in [1.165, 1.54) is 5.56 Å². The Bertz CT molecular complexity index is 657. The summed E-state index contributed by atoms with van der Waals surface area (Å²) in [6.07, 6.45) is 0.983. The molecule has 0 heterocycles. The van der Waals surface area contributed by atoms with Crippen molar-refractivity contribution >= 4 is 11.5 Å². The molecular weight excluding hydrogens is 276 g/mol. The summed E-state index contributed by atoms with van der Waals surface area (Å²) in [6.45, 7) is 8.01. The van der Waals surface area contributed by atoms with Crippen molar-refractivity contribution in [3.63, 3.8) is 0 Å². The normalized spacial score (nSPS) is 10.1. The molecule has 0 saturated heterocycles. The summed E-state index contributed by atoms with van der Waals surface area (Å²) in [5.74, 6) is 0.881. The second-order valence-corrected chi connectivity index (χ2v) is 4.79. The van der Waals surface area contributed by atoms with Gasteiger partial charge >= 0.3 is 5.97 Å². The monoisotopic (exact) mass is 296 g/mol. The third-order valence-electron chi connectivity index (χ3n) is 3.29. The number of hydrogen-bond donors (Lipinski definition) is 0. The highest BCUT2D eigenvalue weighted by molar-refractivity contribution is 6.16. The lowest BCUT2D eigenvalue weighted by Crippen LogP contribution is -2.06. The Balaban J connectivity index is 2.24. The number of ether oxygens (including phenoxy) is 2. The van der Waals surface area contributed by atoms with E-state index in [1.54, 1.807) is 13.0 Å². The minimum atomic E-state index is -0.431. The molecule has 114 valence electrons. The van der Waals surface area contributed by atoms with Gasteiger partial charge in [-0.15, -0.1) is 0 Å². The summed E-state index contributed by atoms with van der Waals surface area (Å²) >= 11 is 0. The van der Waals surface area contributed by atoms with Crippen molar-refractivity contribution in [2.24, 2.45) is 0 Å². The lowest BCUT2D eigenvalue weighted by Gasteiger charge is -2.12. The van der Waals surface area contributed by atoms with E-state index in [0.717, 1.165) is 12.2 Å². The molecule has 3 heteroatoms. The van der Waals surface area contributed by atoms with E-state index in [2.05, 4.69) is 13.5 Å². The van der Waals surface area contributed by atoms with Crippen LogP contribution in [0.4, 0.5) is 0 Å². The maximum Gasteiger partial charge on any atom is 0.338 e. The fourth-order valence-electron chi connectivity index (χ4n) is 2.05. The molecule has 2 rings (SSSR count). The molecule has 0 aromatic heterocycles. The summed E-state index contributed by atoms with van der Waals surface area (Å²) in [4.78, 5) is 11.9. The Labute approximate surface area is 131 Å². The van der Waals surface area contributed by atoms with E-state index in [-0.39, 0.29) is 0 Å². The predicted molar refractivity (Wildman–Crippen MR) is 88.0 cm³/mol. The molecule has 0 aliphatic heterocycles. The number of esters is 1. The van der Waals surface area contributed by atoms with Crippen LogP contribution < -0.4 is 4.74 Å². The van der Waals surface area contributed by atoms with Crippen molar-refractivity contribution in [2.45, 2.75) is 20.3 Å². The minimum Gasteiger partial charge on any atom is -0.462 e. The topological polar surface area (TPSA) is 35.5 Å². The third-order valence-corrected chi connectivity index (χ3v) is 3.29. The molecule has 0 fully saturated rings. The Kier molecular flexibility index (Phi) is 5.37. The van der Waals surface area contributed by atoms with Gasteiger partial charge in [-0.2, -0.15) is 0 Å². The molecule has 0 N–H and O–H groups in total. The first-order valence-electron chi connectivity index (χ1n) is 7.38. The molecule has 0 aliphatic rings. The molecule has 0 atom stereocenters. The van der Waals surface area contributed by atoms with Crippen LogP contribution in [0, 0.1) is 0 Å². The van der Waals surface area contributed by atoms with Crippen LogP contribution in [0.25, 0.3) is 5.57 Å². The van der Waals surface area contributed by atoms with Gasteiger partial charge in [0.15, 0.2) is 0 Å². The van der Waals surface area contributed by atoms with Gasteiger partial charge in [-0.25, -0.2) is 4.79 Å². The van der Waals surface area contributed by atoms with Crippen LogP contribution in [0.2, 0.25) is 0 Å². The Hall–Kier alpha value is -2.55. The van der Waals surface area contributed by atoms with E-state index in [4.69, 9.17) is 9.47 Å². The van der Waals surface area contributed by atoms with Crippen molar-refractivity contribution in [3.8, 4) is 11.5 Å². The molecule has 0 spiro atoms. The van der Waals surface area contributed by atoms with Gasteiger partial charge in [-0.1, -0.05) is 43.8 Å². The molecule has 3 nitrogen and oxygen atoms in total. The number of rotatable bonds is 6. The molecule has 2 aromatic rings. The maximum atomic E-state index is 11.9. The summed E-state index contributed by atoms with van der Waals surface area (Å²) in [6, 6.07) is 15.2. The highest BCUT2D eigenvalue weighted by atomic mass is 16.5. The second kappa shape index (κ2) is 7.46. The highest BCUT2D eigenvalue weighted by Crippen LogP contribution is 2.30.